The fourth-order valence-corrected chi connectivity index (χ4v) is 3.07. The van der Waals surface area contributed by atoms with Gasteiger partial charge in [0.15, 0.2) is 6.23 Å². The summed E-state index contributed by atoms with van der Waals surface area (Å²) >= 11 is 0. The SMILES string of the molecule is CNC(=O)C1=N[C@H](c2ccccc2)O[C@@H]1c1ccc(Oc2ccccc2)cc1. The van der Waals surface area contributed by atoms with Crippen LogP contribution >= 0.6 is 0 Å². The van der Waals surface area contributed by atoms with E-state index in [1.807, 2.05) is 84.9 Å². The van der Waals surface area contributed by atoms with Crippen molar-refractivity contribution >= 4 is 11.6 Å². The number of benzene rings is 3. The van der Waals surface area contributed by atoms with Crippen LogP contribution in [0.3, 0.4) is 0 Å². The molecule has 4 rings (SSSR count). The standard InChI is InChI=1S/C23H20N2O3/c1-24-22(26)20-21(28-23(25-20)17-8-4-2-5-9-17)16-12-14-19(15-13-16)27-18-10-6-3-7-11-18/h2-15,21,23H,1H3,(H,24,26)/t21-,23+/m1/s1. The van der Waals surface area contributed by atoms with E-state index in [0.29, 0.717) is 11.5 Å². The van der Waals surface area contributed by atoms with E-state index >= 15 is 0 Å². The van der Waals surface area contributed by atoms with E-state index in [1.54, 1.807) is 7.05 Å². The average Bonchev–Trinajstić information content (AvgIpc) is 3.21. The van der Waals surface area contributed by atoms with Crippen LogP contribution in [0.2, 0.25) is 0 Å². The van der Waals surface area contributed by atoms with Crippen LogP contribution in [-0.2, 0) is 9.53 Å². The van der Waals surface area contributed by atoms with E-state index in [1.165, 1.54) is 0 Å². The first-order valence-electron chi connectivity index (χ1n) is 9.07. The van der Waals surface area contributed by atoms with E-state index in [0.717, 1.165) is 16.9 Å². The molecular weight excluding hydrogens is 352 g/mol. The van der Waals surface area contributed by atoms with Crippen LogP contribution < -0.4 is 10.1 Å². The Morgan fingerprint density at radius 1 is 0.857 bits per heavy atom. The van der Waals surface area contributed by atoms with Crippen molar-refractivity contribution in [1.82, 2.24) is 5.32 Å². The number of ether oxygens (including phenoxy) is 2. The van der Waals surface area contributed by atoms with Gasteiger partial charge in [0.25, 0.3) is 5.91 Å². The minimum absolute atomic E-state index is 0.243. The van der Waals surface area contributed by atoms with Gasteiger partial charge in [-0.2, -0.15) is 0 Å². The normalized spacial score (nSPS) is 18.4. The summed E-state index contributed by atoms with van der Waals surface area (Å²) in [6.07, 6.45) is -1.03. The highest BCUT2D eigenvalue weighted by atomic mass is 16.5. The second-order valence-electron chi connectivity index (χ2n) is 6.36. The molecule has 3 aromatic carbocycles. The molecule has 0 aromatic heterocycles. The van der Waals surface area contributed by atoms with E-state index in [4.69, 9.17) is 9.47 Å². The zero-order valence-corrected chi connectivity index (χ0v) is 15.4. The number of carbonyl (C=O) groups is 1. The first kappa shape index (κ1) is 17.9. The lowest BCUT2D eigenvalue weighted by molar-refractivity contribution is -0.114. The lowest BCUT2D eigenvalue weighted by atomic mass is 10.0. The van der Waals surface area contributed by atoms with Gasteiger partial charge in [0, 0.05) is 12.6 Å². The van der Waals surface area contributed by atoms with Gasteiger partial charge in [0.2, 0.25) is 0 Å². The summed E-state index contributed by atoms with van der Waals surface area (Å²) in [5.74, 6) is 1.24. The molecule has 0 bridgehead atoms. The Balaban J connectivity index is 1.57. The molecule has 0 spiro atoms. The number of para-hydroxylation sites is 1. The number of rotatable bonds is 5. The summed E-state index contributed by atoms with van der Waals surface area (Å²) in [6.45, 7) is 0. The summed E-state index contributed by atoms with van der Waals surface area (Å²) in [6, 6.07) is 26.8. The minimum atomic E-state index is -0.532. The van der Waals surface area contributed by atoms with E-state index in [-0.39, 0.29) is 5.91 Å². The number of hydrogen-bond acceptors (Lipinski definition) is 4. The van der Waals surface area contributed by atoms with Crippen LogP contribution in [0.25, 0.3) is 0 Å². The molecule has 1 heterocycles. The zero-order valence-electron chi connectivity index (χ0n) is 15.4. The Morgan fingerprint density at radius 3 is 2.11 bits per heavy atom. The molecule has 5 heteroatoms. The lowest BCUT2D eigenvalue weighted by Gasteiger charge is -2.15. The quantitative estimate of drug-likeness (QED) is 0.720. The maximum absolute atomic E-state index is 12.3. The van der Waals surface area contributed by atoms with Gasteiger partial charge in [-0.15, -0.1) is 0 Å². The fourth-order valence-electron chi connectivity index (χ4n) is 3.07. The van der Waals surface area contributed by atoms with Crippen molar-refractivity contribution in [3.05, 3.63) is 96.1 Å². The van der Waals surface area contributed by atoms with Gasteiger partial charge >= 0.3 is 0 Å². The van der Waals surface area contributed by atoms with Gasteiger partial charge in [0.05, 0.1) is 0 Å². The predicted octanol–water partition coefficient (Wildman–Crippen LogP) is 4.44. The lowest BCUT2D eigenvalue weighted by Crippen LogP contribution is -2.30. The second kappa shape index (κ2) is 8.06. The van der Waals surface area contributed by atoms with Crippen molar-refractivity contribution < 1.29 is 14.3 Å². The van der Waals surface area contributed by atoms with Gasteiger partial charge in [-0.05, 0) is 29.8 Å². The monoisotopic (exact) mass is 372 g/mol. The van der Waals surface area contributed by atoms with Crippen LogP contribution in [-0.4, -0.2) is 18.7 Å². The largest absolute Gasteiger partial charge is 0.457 e. The van der Waals surface area contributed by atoms with Crippen LogP contribution in [0.4, 0.5) is 0 Å². The average molecular weight is 372 g/mol. The van der Waals surface area contributed by atoms with Crippen molar-refractivity contribution in [3.63, 3.8) is 0 Å². The first-order chi connectivity index (χ1) is 13.7. The Labute approximate surface area is 163 Å². The second-order valence-corrected chi connectivity index (χ2v) is 6.36. The van der Waals surface area contributed by atoms with Crippen molar-refractivity contribution in [1.29, 1.82) is 0 Å². The number of nitrogens with zero attached hydrogens (tertiary/aromatic N) is 1. The molecular formula is C23H20N2O3. The fraction of sp³-hybridized carbons (Fsp3) is 0.130. The third-order valence-electron chi connectivity index (χ3n) is 4.48. The molecule has 1 N–H and O–H groups in total. The molecule has 3 aromatic rings. The molecule has 0 aliphatic carbocycles. The molecule has 0 fully saturated rings. The molecule has 28 heavy (non-hydrogen) atoms. The Morgan fingerprint density at radius 2 is 1.46 bits per heavy atom. The van der Waals surface area contributed by atoms with Crippen LogP contribution in [0, 0.1) is 0 Å². The van der Waals surface area contributed by atoms with E-state index in [2.05, 4.69) is 10.3 Å². The van der Waals surface area contributed by atoms with Crippen molar-refractivity contribution in [2.45, 2.75) is 12.3 Å². The highest BCUT2D eigenvalue weighted by Crippen LogP contribution is 2.36. The Kier molecular flexibility index (Phi) is 5.17. The summed E-state index contributed by atoms with van der Waals surface area (Å²) in [5, 5.41) is 2.65. The molecule has 1 aliphatic heterocycles. The molecule has 5 nitrogen and oxygen atoms in total. The summed E-state index contributed by atoms with van der Waals surface area (Å²) in [5.41, 5.74) is 2.13. The molecule has 2 atom stereocenters. The minimum Gasteiger partial charge on any atom is -0.457 e. The third-order valence-corrected chi connectivity index (χ3v) is 4.48. The summed E-state index contributed by atoms with van der Waals surface area (Å²) in [4.78, 5) is 16.9. The molecule has 0 unspecified atom stereocenters. The first-order valence-corrected chi connectivity index (χ1v) is 9.07. The number of amides is 1. The third kappa shape index (κ3) is 3.80. The Bertz CT molecular complexity index is 970. The number of carbonyl (C=O) groups excluding carboxylic acids is 1. The molecule has 140 valence electrons. The highest BCUT2D eigenvalue weighted by molar-refractivity contribution is 6.40. The summed E-state index contributed by atoms with van der Waals surface area (Å²) in [7, 11) is 1.59. The maximum Gasteiger partial charge on any atom is 0.268 e. The van der Waals surface area contributed by atoms with Gasteiger partial charge in [-0.25, -0.2) is 4.99 Å². The van der Waals surface area contributed by atoms with Gasteiger partial charge in [-0.3, -0.25) is 4.79 Å². The van der Waals surface area contributed by atoms with Gasteiger partial charge in [0.1, 0.15) is 23.3 Å². The zero-order chi connectivity index (χ0) is 19.3. The molecule has 1 aliphatic rings. The smallest absolute Gasteiger partial charge is 0.268 e. The van der Waals surface area contributed by atoms with Crippen molar-refractivity contribution in [2.75, 3.05) is 7.05 Å². The predicted molar refractivity (Wildman–Crippen MR) is 107 cm³/mol. The van der Waals surface area contributed by atoms with Crippen molar-refractivity contribution in [2.24, 2.45) is 4.99 Å². The molecule has 0 saturated heterocycles. The van der Waals surface area contributed by atoms with Crippen LogP contribution in [0.15, 0.2) is 89.9 Å². The number of aliphatic imine (C=N–C) groups is 1. The van der Waals surface area contributed by atoms with Crippen molar-refractivity contribution in [3.8, 4) is 11.5 Å². The topological polar surface area (TPSA) is 59.9 Å². The molecule has 1 amide bonds. The summed E-state index contributed by atoms with van der Waals surface area (Å²) < 4.78 is 12.0. The Hall–Kier alpha value is -3.44. The van der Waals surface area contributed by atoms with Crippen LogP contribution in [0.1, 0.15) is 23.5 Å². The molecule has 0 radical (unpaired) electrons. The van der Waals surface area contributed by atoms with Gasteiger partial charge in [-0.1, -0.05) is 60.7 Å². The van der Waals surface area contributed by atoms with Gasteiger partial charge < -0.3 is 14.8 Å². The highest BCUT2D eigenvalue weighted by Gasteiger charge is 2.34. The number of nitrogens with one attached hydrogen (secondary N) is 1. The molecule has 0 saturated carbocycles. The van der Waals surface area contributed by atoms with Crippen LogP contribution in [0.5, 0.6) is 11.5 Å². The maximum atomic E-state index is 12.3. The van der Waals surface area contributed by atoms with E-state index in [9.17, 15) is 4.79 Å². The number of hydrogen-bond donors (Lipinski definition) is 1. The van der Waals surface area contributed by atoms with E-state index < -0.39 is 12.3 Å².